The van der Waals surface area contributed by atoms with Gasteiger partial charge in [-0.2, -0.15) is 0 Å². The number of hydrogen-bond acceptors (Lipinski definition) is 5. The summed E-state index contributed by atoms with van der Waals surface area (Å²) in [5, 5.41) is 0. The lowest BCUT2D eigenvalue weighted by atomic mass is 10.2. The van der Waals surface area contributed by atoms with Crippen LogP contribution in [0.2, 0.25) is 0 Å². The number of morpholine rings is 1. The number of nitrogens with zero attached hydrogens (tertiary/aromatic N) is 2. The molecule has 3 rings (SSSR count). The fourth-order valence-corrected chi connectivity index (χ4v) is 2.87. The van der Waals surface area contributed by atoms with Crippen molar-refractivity contribution >= 4 is 0 Å². The SMILES string of the molecule is CCC1CN(Cc2nc(-c3ccc(OC)cc3F)oc2C)CCO1. The predicted molar refractivity (Wildman–Crippen MR) is 88.5 cm³/mol. The van der Waals surface area contributed by atoms with E-state index in [4.69, 9.17) is 13.9 Å². The van der Waals surface area contributed by atoms with Gasteiger partial charge in [-0.05, 0) is 25.5 Å². The van der Waals surface area contributed by atoms with E-state index >= 15 is 0 Å². The Kier molecular flexibility index (Phi) is 5.16. The van der Waals surface area contributed by atoms with Gasteiger partial charge in [-0.1, -0.05) is 6.92 Å². The average molecular weight is 334 g/mol. The van der Waals surface area contributed by atoms with E-state index < -0.39 is 5.82 Å². The van der Waals surface area contributed by atoms with Crippen LogP contribution in [0.4, 0.5) is 4.39 Å². The van der Waals surface area contributed by atoms with E-state index in [1.54, 1.807) is 12.1 Å². The third-order valence-electron chi connectivity index (χ3n) is 4.35. The summed E-state index contributed by atoms with van der Waals surface area (Å²) in [4.78, 5) is 6.81. The van der Waals surface area contributed by atoms with Crippen molar-refractivity contribution in [1.82, 2.24) is 9.88 Å². The Labute approximate surface area is 141 Å². The molecule has 2 aromatic rings. The lowest BCUT2D eigenvalue weighted by molar-refractivity contribution is -0.0328. The van der Waals surface area contributed by atoms with Crippen molar-refractivity contribution < 1.29 is 18.3 Å². The van der Waals surface area contributed by atoms with Gasteiger partial charge in [0.05, 0.1) is 31.1 Å². The molecule has 130 valence electrons. The van der Waals surface area contributed by atoms with Crippen LogP contribution in [0.25, 0.3) is 11.5 Å². The van der Waals surface area contributed by atoms with Crippen LogP contribution in [0.15, 0.2) is 22.6 Å². The van der Waals surface area contributed by atoms with Crippen molar-refractivity contribution in [3.05, 3.63) is 35.5 Å². The number of halogens is 1. The molecule has 0 N–H and O–H groups in total. The van der Waals surface area contributed by atoms with Gasteiger partial charge in [-0.3, -0.25) is 4.90 Å². The standard InChI is InChI=1S/C18H23FN2O3/c1-4-13-10-21(7-8-23-13)11-17-12(2)24-18(20-17)15-6-5-14(22-3)9-16(15)19/h5-6,9,13H,4,7-8,10-11H2,1-3H3. The van der Waals surface area contributed by atoms with E-state index in [1.165, 1.54) is 13.2 Å². The minimum atomic E-state index is -0.403. The molecule has 0 spiro atoms. The van der Waals surface area contributed by atoms with Crippen molar-refractivity contribution in [1.29, 1.82) is 0 Å². The Morgan fingerprint density at radius 1 is 1.42 bits per heavy atom. The van der Waals surface area contributed by atoms with Crippen LogP contribution < -0.4 is 4.74 Å². The van der Waals surface area contributed by atoms with Crippen LogP contribution >= 0.6 is 0 Å². The van der Waals surface area contributed by atoms with Gasteiger partial charge in [-0.25, -0.2) is 9.37 Å². The maximum absolute atomic E-state index is 14.2. The third-order valence-corrected chi connectivity index (χ3v) is 4.35. The Morgan fingerprint density at radius 2 is 2.25 bits per heavy atom. The van der Waals surface area contributed by atoms with Crippen LogP contribution in [0, 0.1) is 12.7 Å². The Bertz CT molecular complexity index is 702. The zero-order valence-corrected chi connectivity index (χ0v) is 14.3. The first-order valence-corrected chi connectivity index (χ1v) is 8.25. The number of hydrogen-bond donors (Lipinski definition) is 0. The summed E-state index contributed by atoms with van der Waals surface area (Å²) in [7, 11) is 1.51. The normalized spacial score (nSPS) is 18.8. The van der Waals surface area contributed by atoms with Gasteiger partial charge in [0.2, 0.25) is 5.89 Å². The fraction of sp³-hybridized carbons (Fsp3) is 0.500. The zero-order valence-electron chi connectivity index (χ0n) is 14.3. The highest BCUT2D eigenvalue weighted by Crippen LogP contribution is 2.28. The largest absolute Gasteiger partial charge is 0.497 e. The van der Waals surface area contributed by atoms with Crippen molar-refractivity contribution in [2.45, 2.75) is 32.9 Å². The second-order valence-corrected chi connectivity index (χ2v) is 6.00. The molecular weight excluding hydrogens is 311 g/mol. The van der Waals surface area contributed by atoms with Gasteiger partial charge in [0.25, 0.3) is 0 Å². The molecule has 1 fully saturated rings. The molecule has 1 aromatic carbocycles. The van der Waals surface area contributed by atoms with Crippen LogP contribution in [0.3, 0.4) is 0 Å². The molecule has 1 aliphatic heterocycles. The molecule has 0 amide bonds. The number of ether oxygens (including phenoxy) is 2. The Hall–Kier alpha value is -1.92. The van der Waals surface area contributed by atoms with Gasteiger partial charge in [0, 0.05) is 25.7 Å². The van der Waals surface area contributed by atoms with Gasteiger partial charge in [0.1, 0.15) is 17.3 Å². The van der Waals surface area contributed by atoms with Gasteiger partial charge >= 0.3 is 0 Å². The van der Waals surface area contributed by atoms with Crippen molar-refractivity contribution in [3.63, 3.8) is 0 Å². The summed E-state index contributed by atoms with van der Waals surface area (Å²) in [5.74, 6) is 1.10. The second-order valence-electron chi connectivity index (χ2n) is 6.00. The van der Waals surface area contributed by atoms with E-state index in [0.717, 1.165) is 37.6 Å². The van der Waals surface area contributed by atoms with Gasteiger partial charge in [0.15, 0.2) is 0 Å². The second kappa shape index (κ2) is 7.32. The molecule has 1 aliphatic rings. The van der Waals surface area contributed by atoms with Crippen molar-refractivity contribution in [3.8, 4) is 17.2 Å². The number of aromatic nitrogens is 1. The summed E-state index contributed by atoms with van der Waals surface area (Å²) >= 11 is 0. The molecule has 1 saturated heterocycles. The quantitative estimate of drug-likeness (QED) is 0.838. The highest BCUT2D eigenvalue weighted by atomic mass is 19.1. The van der Waals surface area contributed by atoms with Gasteiger partial charge < -0.3 is 13.9 Å². The fourth-order valence-electron chi connectivity index (χ4n) is 2.87. The van der Waals surface area contributed by atoms with Crippen LogP contribution in [-0.2, 0) is 11.3 Å². The lowest BCUT2D eigenvalue weighted by Crippen LogP contribution is -2.41. The molecule has 0 aliphatic carbocycles. The molecular formula is C18H23FN2O3. The highest BCUT2D eigenvalue weighted by Gasteiger charge is 2.22. The summed E-state index contributed by atoms with van der Waals surface area (Å²) in [6, 6.07) is 4.67. The van der Waals surface area contributed by atoms with E-state index in [0.29, 0.717) is 23.7 Å². The van der Waals surface area contributed by atoms with Crippen LogP contribution in [0.5, 0.6) is 5.75 Å². The molecule has 1 aromatic heterocycles. The Morgan fingerprint density at radius 3 is 2.96 bits per heavy atom. The molecule has 0 saturated carbocycles. The first-order valence-electron chi connectivity index (χ1n) is 8.25. The molecule has 0 bridgehead atoms. The van der Waals surface area contributed by atoms with Crippen molar-refractivity contribution in [2.75, 3.05) is 26.8 Å². The third kappa shape index (κ3) is 3.60. The summed E-state index contributed by atoms with van der Waals surface area (Å²) < 4.78 is 30.6. The molecule has 5 nitrogen and oxygen atoms in total. The number of rotatable bonds is 5. The van der Waals surface area contributed by atoms with E-state index in [1.807, 2.05) is 6.92 Å². The number of benzene rings is 1. The van der Waals surface area contributed by atoms with E-state index in [-0.39, 0.29) is 6.10 Å². The van der Waals surface area contributed by atoms with Crippen LogP contribution in [0.1, 0.15) is 24.8 Å². The Balaban J connectivity index is 1.78. The number of aryl methyl sites for hydroxylation is 1. The topological polar surface area (TPSA) is 47.7 Å². The van der Waals surface area contributed by atoms with E-state index in [2.05, 4.69) is 16.8 Å². The average Bonchev–Trinajstić information content (AvgIpc) is 2.95. The van der Waals surface area contributed by atoms with E-state index in [9.17, 15) is 4.39 Å². The predicted octanol–water partition coefficient (Wildman–Crippen LogP) is 3.41. The molecule has 24 heavy (non-hydrogen) atoms. The molecule has 6 heteroatoms. The number of oxazole rings is 1. The lowest BCUT2D eigenvalue weighted by Gasteiger charge is -2.31. The molecule has 2 heterocycles. The van der Waals surface area contributed by atoms with Crippen molar-refractivity contribution in [2.24, 2.45) is 0 Å². The summed E-state index contributed by atoms with van der Waals surface area (Å²) in [5.41, 5.74) is 1.19. The molecule has 1 atom stereocenters. The maximum atomic E-state index is 14.2. The summed E-state index contributed by atoms with van der Waals surface area (Å²) in [6.07, 6.45) is 1.26. The minimum Gasteiger partial charge on any atom is -0.497 e. The van der Waals surface area contributed by atoms with Gasteiger partial charge in [-0.15, -0.1) is 0 Å². The monoisotopic (exact) mass is 334 g/mol. The minimum absolute atomic E-state index is 0.268. The van der Waals surface area contributed by atoms with Crippen LogP contribution in [-0.4, -0.2) is 42.8 Å². The first kappa shape index (κ1) is 16.9. The maximum Gasteiger partial charge on any atom is 0.229 e. The zero-order chi connectivity index (χ0) is 17.1. The summed E-state index contributed by atoms with van der Waals surface area (Å²) in [6.45, 7) is 7.16. The molecule has 1 unspecified atom stereocenters. The molecule has 0 radical (unpaired) electrons. The highest BCUT2D eigenvalue weighted by molar-refractivity contribution is 5.56. The smallest absolute Gasteiger partial charge is 0.229 e. The number of methoxy groups -OCH3 is 1. The first-order chi connectivity index (χ1) is 11.6.